The van der Waals surface area contributed by atoms with E-state index in [0.29, 0.717) is 0 Å². The first-order valence-electron chi connectivity index (χ1n) is 3.03. The lowest BCUT2D eigenvalue weighted by Gasteiger charge is -1.92. The molecule has 0 radical (unpaired) electrons. The zero-order valence-corrected chi connectivity index (χ0v) is 6.76. The zero-order valence-electron chi connectivity index (χ0n) is 5.18. The Morgan fingerprint density at radius 1 is 1.10 bits per heavy atom. The molecule has 0 heterocycles. The Morgan fingerprint density at radius 3 is 2.20 bits per heavy atom. The Hall–Kier alpha value is -0.300. The van der Waals surface area contributed by atoms with Crippen LogP contribution in [0.5, 0.6) is 0 Å². The molecule has 0 saturated heterocycles. The van der Waals surface area contributed by atoms with E-state index in [1.54, 1.807) is 0 Å². The molecular weight excluding hydrogens is 188 g/mol. The Kier molecular flexibility index (Phi) is 5.32. The van der Waals surface area contributed by atoms with Crippen LogP contribution in [0.2, 0.25) is 0 Å². The molecule has 0 aliphatic rings. The summed E-state index contributed by atoms with van der Waals surface area (Å²) in [5, 5.41) is 1.05. The lowest BCUT2D eigenvalue weighted by atomic mass is 10.2. The molecule has 0 atom stereocenters. The number of rotatable bonds is 2. The summed E-state index contributed by atoms with van der Waals surface area (Å²) < 4.78 is 0. The van der Waals surface area contributed by atoms with Crippen LogP contribution < -0.4 is 0 Å². The van der Waals surface area contributed by atoms with Crippen LogP contribution >= 0.6 is 15.9 Å². The number of alkyl halides is 1. The highest BCUT2D eigenvalue weighted by Crippen LogP contribution is 2.00. The number of halogens is 1. The highest BCUT2D eigenvalue weighted by molar-refractivity contribution is 9.09. The number of hydrogen-bond acceptors (Lipinski definition) is 0. The van der Waals surface area contributed by atoms with Crippen molar-refractivity contribution in [2.75, 3.05) is 5.33 Å². The van der Waals surface area contributed by atoms with Crippen molar-refractivity contribution in [2.24, 2.45) is 0 Å². The second-order valence-corrected chi connectivity index (χ2v) is 2.72. The van der Waals surface area contributed by atoms with E-state index in [1.807, 2.05) is 6.07 Å². The van der Waals surface area contributed by atoms with Gasteiger partial charge in [0.2, 0.25) is 0 Å². The van der Waals surface area contributed by atoms with Crippen molar-refractivity contribution >= 4 is 15.9 Å². The quantitative estimate of drug-likeness (QED) is 0.644. The Bertz CT molecular complexity index is 158. The third-order valence-electron chi connectivity index (χ3n) is 1.23. The molecule has 0 amide bonds. The molecule has 0 aliphatic carbocycles. The molecule has 10 heavy (non-hydrogen) atoms. The van der Waals surface area contributed by atoms with Crippen LogP contribution in [0.1, 0.15) is 13.0 Å². The Labute approximate surface area is 71.4 Å². The fraction of sp³-hybridized carbons (Fsp3) is 0.333. The molecule has 0 unspecified atom stereocenters. The second-order valence-electron chi connectivity index (χ2n) is 1.92. The normalized spacial score (nSPS) is 8.50. The van der Waals surface area contributed by atoms with Gasteiger partial charge in [0.25, 0.3) is 0 Å². The van der Waals surface area contributed by atoms with Crippen molar-refractivity contribution < 1.29 is 0 Å². The fourth-order valence-electron chi connectivity index (χ4n) is 0.754. The SMILES string of the molecule is BrCCc1ccccc1.C. The monoisotopic (exact) mass is 200 g/mol. The van der Waals surface area contributed by atoms with Crippen LogP contribution in [0.25, 0.3) is 0 Å². The van der Waals surface area contributed by atoms with Crippen LogP contribution in [-0.4, -0.2) is 5.33 Å². The van der Waals surface area contributed by atoms with Gasteiger partial charge in [-0.1, -0.05) is 53.7 Å². The van der Waals surface area contributed by atoms with Gasteiger partial charge in [-0.2, -0.15) is 0 Å². The van der Waals surface area contributed by atoms with E-state index in [0.717, 1.165) is 11.8 Å². The van der Waals surface area contributed by atoms with Gasteiger partial charge < -0.3 is 0 Å². The van der Waals surface area contributed by atoms with Crippen molar-refractivity contribution in [3.05, 3.63) is 35.9 Å². The maximum absolute atomic E-state index is 3.39. The van der Waals surface area contributed by atoms with Crippen molar-refractivity contribution in [3.63, 3.8) is 0 Å². The van der Waals surface area contributed by atoms with E-state index in [-0.39, 0.29) is 7.43 Å². The van der Waals surface area contributed by atoms with Crippen LogP contribution in [-0.2, 0) is 6.42 Å². The molecule has 1 aromatic rings. The van der Waals surface area contributed by atoms with Crippen LogP contribution in [0.4, 0.5) is 0 Å². The first-order chi connectivity index (χ1) is 4.43. The van der Waals surface area contributed by atoms with Gasteiger partial charge in [0.05, 0.1) is 0 Å². The van der Waals surface area contributed by atoms with Crippen molar-refractivity contribution in [2.45, 2.75) is 13.8 Å². The number of benzene rings is 1. The van der Waals surface area contributed by atoms with E-state index in [2.05, 4.69) is 40.2 Å². The van der Waals surface area contributed by atoms with Gasteiger partial charge in [-0.15, -0.1) is 0 Å². The highest BCUT2D eigenvalue weighted by Gasteiger charge is 1.85. The molecule has 0 nitrogen and oxygen atoms in total. The van der Waals surface area contributed by atoms with Crippen LogP contribution in [0.3, 0.4) is 0 Å². The zero-order chi connectivity index (χ0) is 6.53. The molecule has 1 heteroatoms. The molecule has 1 rings (SSSR count). The third-order valence-corrected chi connectivity index (χ3v) is 1.62. The van der Waals surface area contributed by atoms with Gasteiger partial charge in [0.15, 0.2) is 0 Å². The van der Waals surface area contributed by atoms with Crippen LogP contribution in [0, 0.1) is 0 Å². The minimum Gasteiger partial charge on any atom is -0.0924 e. The number of aryl methyl sites for hydroxylation is 1. The van der Waals surface area contributed by atoms with Gasteiger partial charge in [0, 0.05) is 5.33 Å². The summed E-state index contributed by atoms with van der Waals surface area (Å²) in [6.07, 6.45) is 1.13. The summed E-state index contributed by atoms with van der Waals surface area (Å²) in [5.41, 5.74) is 1.40. The molecule has 0 spiro atoms. The molecular formula is C9H13Br. The van der Waals surface area contributed by atoms with E-state index in [9.17, 15) is 0 Å². The molecule has 0 saturated carbocycles. The van der Waals surface area contributed by atoms with Crippen LogP contribution in [0.15, 0.2) is 30.3 Å². The first kappa shape index (κ1) is 9.70. The van der Waals surface area contributed by atoms with Gasteiger partial charge in [-0.05, 0) is 12.0 Å². The maximum atomic E-state index is 3.39. The fourth-order valence-corrected chi connectivity index (χ4v) is 1.21. The minimum absolute atomic E-state index is 0. The largest absolute Gasteiger partial charge is 0.0924 e. The van der Waals surface area contributed by atoms with Crippen molar-refractivity contribution in [1.29, 1.82) is 0 Å². The number of hydrogen-bond donors (Lipinski definition) is 0. The van der Waals surface area contributed by atoms with E-state index < -0.39 is 0 Å². The standard InChI is InChI=1S/C8H9Br.CH4/c9-7-6-8-4-2-1-3-5-8;/h1-5H,6-7H2;1H4. The Morgan fingerprint density at radius 2 is 1.70 bits per heavy atom. The smallest absolute Gasteiger partial charge is 0.00718 e. The average Bonchev–Trinajstić information content (AvgIpc) is 1.91. The summed E-state index contributed by atoms with van der Waals surface area (Å²) in [6, 6.07) is 10.5. The predicted molar refractivity (Wildman–Crippen MR) is 50.7 cm³/mol. The molecule has 0 N–H and O–H groups in total. The lowest BCUT2D eigenvalue weighted by Crippen LogP contribution is -1.82. The Balaban J connectivity index is 0.000000810. The molecule has 0 bridgehead atoms. The second kappa shape index (κ2) is 5.48. The van der Waals surface area contributed by atoms with E-state index in [4.69, 9.17) is 0 Å². The molecule has 0 fully saturated rings. The molecule has 1 aromatic carbocycles. The van der Waals surface area contributed by atoms with E-state index in [1.165, 1.54) is 5.56 Å². The first-order valence-corrected chi connectivity index (χ1v) is 4.15. The third kappa shape index (κ3) is 3.02. The molecule has 56 valence electrons. The maximum Gasteiger partial charge on any atom is 0.00718 e. The van der Waals surface area contributed by atoms with Crippen molar-refractivity contribution in [1.82, 2.24) is 0 Å². The van der Waals surface area contributed by atoms with Crippen molar-refractivity contribution in [3.8, 4) is 0 Å². The van der Waals surface area contributed by atoms with Gasteiger partial charge in [-0.3, -0.25) is 0 Å². The van der Waals surface area contributed by atoms with Gasteiger partial charge in [-0.25, -0.2) is 0 Å². The summed E-state index contributed by atoms with van der Waals surface area (Å²) in [6.45, 7) is 0. The van der Waals surface area contributed by atoms with Gasteiger partial charge in [0.1, 0.15) is 0 Å². The topological polar surface area (TPSA) is 0 Å². The molecule has 0 aromatic heterocycles. The average molecular weight is 201 g/mol. The lowest BCUT2D eigenvalue weighted by molar-refractivity contribution is 1.17. The summed E-state index contributed by atoms with van der Waals surface area (Å²) in [4.78, 5) is 0. The predicted octanol–water partition coefficient (Wildman–Crippen LogP) is 3.26. The van der Waals surface area contributed by atoms with Gasteiger partial charge >= 0.3 is 0 Å². The van der Waals surface area contributed by atoms with E-state index >= 15 is 0 Å². The minimum atomic E-state index is 0. The highest BCUT2D eigenvalue weighted by atomic mass is 79.9. The summed E-state index contributed by atoms with van der Waals surface area (Å²) in [7, 11) is 0. The summed E-state index contributed by atoms with van der Waals surface area (Å²) >= 11 is 3.39. The molecule has 0 aliphatic heterocycles. The summed E-state index contributed by atoms with van der Waals surface area (Å²) in [5.74, 6) is 0.